The van der Waals surface area contributed by atoms with Crippen molar-refractivity contribution >= 4 is 39.7 Å². The first-order valence-electron chi connectivity index (χ1n) is 13.5. The average Bonchev–Trinajstić information content (AvgIpc) is 2.98. The van der Waals surface area contributed by atoms with Gasteiger partial charge in [0, 0.05) is 18.1 Å². The molecule has 0 amide bonds. The van der Waals surface area contributed by atoms with Crippen LogP contribution in [-0.2, 0) is 6.42 Å². The average molecular weight is 630 g/mol. The molecule has 0 saturated heterocycles. The molecule has 0 aliphatic rings. The van der Waals surface area contributed by atoms with Crippen molar-refractivity contribution in [3.05, 3.63) is 109 Å². The highest BCUT2D eigenvalue weighted by molar-refractivity contribution is 6.03. The van der Waals surface area contributed by atoms with E-state index in [1.54, 1.807) is 32.4 Å². The number of para-hydroxylation sites is 1. The number of nitro benzene ring substituents is 1. The quantitative estimate of drug-likeness (QED) is 0.103. The monoisotopic (exact) mass is 629 g/mol. The van der Waals surface area contributed by atoms with E-state index in [9.17, 15) is 29.9 Å². The molecule has 0 radical (unpaired) electrons. The van der Waals surface area contributed by atoms with Gasteiger partial charge in [0.2, 0.25) is 0 Å². The van der Waals surface area contributed by atoms with Gasteiger partial charge in [0.1, 0.15) is 22.5 Å². The summed E-state index contributed by atoms with van der Waals surface area (Å²) in [5.41, 5.74) is 7.08. The minimum absolute atomic E-state index is 0. The number of aromatic nitrogens is 2. The van der Waals surface area contributed by atoms with E-state index >= 15 is 0 Å². The van der Waals surface area contributed by atoms with Crippen molar-refractivity contribution < 1.29 is 34.2 Å². The Labute approximate surface area is 267 Å². The number of nitro groups is 1. The third-order valence-electron chi connectivity index (χ3n) is 7.52. The number of ether oxygens (including phenoxy) is 2. The molecule has 0 aliphatic carbocycles. The number of methoxy groups -OCH3 is 2. The van der Waals surface area contributed by atoms with E-state index < -0.39 is 16.9 Å². The number of benzene rings is 4. The lowest BCUT2D eigenvalue weighted by molar-refractivity contribution is -0.385. The van der Waals surface area contributed by atoms with Gasteiger partial charge in [-0.2, -0.15) is 0 Å². The zero-order chi connectivity index (χ0) is 32.3. The van der Waals surface area contributed by atoms with Crippen LogP contribution >= 0.6 is 0 Å². The second-order valence-corrected chi connectivity index (χ2v) is 10.2. The van der Waals surface area contributed by atoms with Gasteiger partial charge >= 0.3 is 11.9 Å². The summed E-state index contributed by atoms with van der Waals surface area (Å²) in [5, 5.41) is 29.8. The van der Waals surface area contributed by atoms with Gasteiger partial charge in [0.05, 0.1) is 41.3 Å². The smallest absolute Gasteiger partial charge is 0.337 e. The van der Waals surface area contributed by atoms with Crippen LogP contribution in [-0.4, -0.2) is 51.3 Å². The Morgan fingerprint density at radius 1 is 0.783 bits per heavy atom. The molecule has 0 spiro atoms. The zero-order valence-corrected chi connectivity index (χ0v) is 25.1. The molecule has 2 N–H and O–H groups in total. The third-order valence-corrected chi connectivity index (χ3v) is 7.52. The van der Waals surface area contributed by atoms with Gasteiger partial charge in [0.15, 0.2) is 0 Å². The standard InChI is InChI=1S/C17H17NO5.C16H14N2O3.2CH4/c1-10-7-12(9-16(23-3)11(10)2)8-14-13(17(19)20)5-4-6-15(14)18(21)22;1-8-7-12-14(15(21-3)9(8)2)17-11-6-4-5-10(16(19)20)13(11)18-12;;/h4-7,9H,8H2,1-3H3,(H,19,20);4-7H,1-3H3,(H,19,20);2*1H4. The van der Waals surface area contributed by atoms with Crippen molar-refractivity contribution in [1.29, 1.82) is 0 Å². The molecule has 0 aliphatic heterocycles. The van der Waals surface area contributed by atoms with Crippen LogP contribution in [0.25, 0.3) is 22.1 Å². The molecule has 0 saturated carbocycles. The van der Waals surface area contributed by atoms with Crippen molar-refractivity contribution in [3.8, 4) is 11.5 Å². The van der Waals surface area contributed by atoms with E-state index in [2.05, 4.69) is 9.97 Å². The topological polar surface area (TPSA) is 162 Å². The van der Waals surface area contributed by atoms with E-state index in [4.69, 9.17) is 9.47 Å². The first-order valence-corrected chi connectivity index (χ1v) is 13.5. The molecule has 5 rings (SSSR count). The predicted molar refractivity (Wildman–Crippen MR) is 179 cm³/mol. The van der Waals surface area contributed by atoms with Crippen molar-refractivity contribution in [2.45, 2.75) is 49.0 Å². The summed E-state index contributed by atoms with van der Waals surface area (Å²) in [6.45, 7) is 7.77. The fourth-order valence-corrected chi connectivity index (χ4v) is 5.00. The van der Waals surface area contributed by atoms with Gasteiger partial charge < -0.3 is 19.7 Å². The van der Waals surface area contributed by atoms with E-state index in [0.29, 0.717) is 33.6 Å². The van der Waals surface area contributed by atoms with E-state index in [0.717, 1.165) is 27.8 Å². The van der Waals surface area contributed by atoms with Crippen molar-refractivity contribution in [1.82, 2.24) is 9.97 Å². The van der Waals surface area contributed by atoms with Gasteiger partial charge in [-0.15, -0.1) is 0 Å². The number of nitrogens with zero attached hydrogens (tertiary/aromatic N) is 3. The van der Waals surface area contributed by atoms with Crippen LogP contribution in [0.3, 0.4) is 0 Å². The third kappa shape index (κ3) is 7.20. The van der Waals surface area contributed by atoms with Gasteiger partial charge in [-0.1, -0.05) is 33.1 Å². The molecule has 11 heteroatoms. The lowest BCUT2D eigenvalue weighted by Crippen LogP contribution is -2.07. The Morgan fingerprint density at radius 2 is 1.37 bits per heavy atom. The van der Waals surface area contributed by atoms with Crippen LogP contribution < -0.4 is 9.47 Å². The lowest BCUT2D eigenvalue weighted by atomic mass is 9.95. The Morgan fingerprint density at radius 3 is 1.96 bits per heavy atom. The summed E-state index contributed by atoms with van der Waals surface area (Å²) in [5.74, 6) is -0.833. The summed E-state index contributed by atoms with van der Waals surface area (Å²) in [7, 11) is 3.15. The highest BCUT2D eigenvalue weighted by Crippen LogP contribution is 2.32. The molecular formula is C35H39N3O8. The first-order chi connectivity index (χ1) is 20.9. The van der Waals surface area contributed by atoms with Crippen LogP contribution in [0.4, 0.5) is 5.69 Å². The molecule has 0 atom stereocenters. The van der Waals surface area contributed by atoms with E-state index in [1.165, 1.54) is 24.3 Å². The number of carbonyl (C=O) groups is 2. The molecule has 242 valence electrons. The minimum atomic E-state index is -1.18. The van der Waals surface area contributed by atoms with Crippen molar-refractivity contribution in [2.24, 2.45) is 0 Å². The molecule has 11 nitrogen and oxygen atoms in total. The zero-order valence-electron chi connectivity index (χ0n) is 25.1. The Hall–Kier alpha value is -5.58. The molecule has 5 aromatic rings. The Kier molecular flexibility index (Phi) is 11.9. The maximum absolute atomic E-state index is 11.4. The second kappa shape index (κ2) is 14.9. The van der Waals surface area contributed by atoms with E-state index in [-0.39, 0.29) is 43.7 Å². The van der Waals surface area contributed by atoms with Gasteiger partial charge in [-0.25, -0.2) is 19.6 Å². The van der Waals surface area contributed by atoms with Crippen LogP contribution in [0, 0.1) is 37.8 Å². The number of hydrogen-bond donors (Lipinski definition) is 2. The fourth-order valence-electron chi connectivity index (χ4n) is 5.00. The second-order valence-electron chi connectivity index (χ2n) is 10.2. The number of rotatable bonds is 7. The summed E-state index contributed by atoms with van der Waals surface area (Å²) in [6.07, 6.45) is 0.149. The van der Waals surface area contributed by atoms with Crippen molar-refractivity contribution in [3.63, 3.8) is 0 Å². The molecule has 0 bridgehead atoms. The van der Waals surface area contributed by atoms with Gasteiger partial charge in [0.25, 0.3) is 5.69 Å². The molecule has 4 aromatic carbocycles. The number of aryl methyl sites for hydroxylation is 2. The van der Waals surface area contributed by atoms with Crippen LogP contribution in [0.15, 0.2) is 54.6 Å². The number of hydrogen-bond acceptors (Lipinski definition) is 8. The van der Waals surface area contributed by atoms with Gasteiger partial charge in [-0.3, -0.25) is 10.1 Å². The normalized spacial score (nSPS) is 10.2. The van der Waals surface area contributed by atoms with Gasteiger partial charge in [-0.05, 0) is 85.8 Å². The SMILES string of the molecule is C.C.COc1c(C)c(C)cc2nc3c(C(=O)O)cccc3nc12.COc1cc(Cc2c(C(=O)O)cccc2[N+](=O)[O-])cc(C)c1C. The first kappa shape index (κ1) is 36.6. The van der Waals surface area contributed by atoms with Crippen LogP contribution in [0.1, 0.15) is 68.9 Å². The summed E-state index contributed by atoms with van der Waals surface area (Å²) < 4.78 is 10.8. The molecular weight excluding hydrogens is 590 g/mol. The lowest BCUT2D eigenvalue weighted by Gasteiger charge is -2.12. The van der Waals surface area contributed by atoms with Crippen LogP contribution in [0.5, 0.6) is 11.5 Å². The molecule has 0 unspecified atom stereocenters. The number of fused-ring (bicyclic) bond motifs is 2. The van der Waals surface area contributed by atoms with Crippen LogP contribution in [0.2, 0.25) is 0 Å². The molecule has 46 heavy (non-hydrogen) atoms. The molecule has 0 fully saturated rings. The Balaban J connectivity index is 0.000000308. The van der Waals surface area contributed by atoms with Crippen molar-refractivity contribution in [2.75, 3.05) is 14.2 Å². The predicted octanol–water partition coefficient (Wildman–Crippen LogP) is 7.89. The number of carboxylic acids is 2. The fraction of sp³-hybridized carbons (Fsp3) is 0.257. The maximum atomic E-state index is 11.4. The Bertz CT molecular complexity index is 1920. The number of aromatic carboxylic acids is 2. The maximum Gasteiger partial charge on any atom is 0.337 e. The minimum Gasteiger partial charge on any atom is -0.496 e. The molecule has 1 heterocycles. The van der Waals surface area contributed by atoms with E-state index in [1.807, 2.05) is 39.8 Å². The highest BCUT2D eigenvalue weighted by atomic mass is 16.6. The molecule has 1 aromatic heterocycles. The largest absolute Gasteiger partial charge is 0.496 e. The summed E-state index contributed by atoms with van der Waals surface area (Å²) in [6, 6.07) is 14.6. The summed E-state index contributed by atoms with van der Waals surface area (Å²) in [4.78, 5) is 42.4. The highest BCUT2D eigenvalue weighted by Gasteiger charge is 2.22. The number of carboxylic acid groups (broad SMARTS) is 2. The summed E-state index contributed by atoms with van der Waals surface area (Å²) >= 11 is 0.